The van der Waals surface area contributed by atoms with Crippen molar-refractivity contribution >= 4 is 5.91 Å². The molecule has 1 heterocycles. The predicted octanol–water partition coefficient (Wildman–Crippen LogP) is 2.57. The summed E-state index contributed by atoms with van der Waals surface area (Å²) in [5.41, 5.74) is -0.315. The first-order valence-corrected chi connectivity index (χ1v) is 5.87. The SMILES string of the molecule is CCC(NC(=O)c1cc(F)ccc1F)c1ncc[nH]1. The zero-order chi connectivity index (χ0) is 13.8. The molecule has 100 valence electrons. The molecular weight excluding hydrogens is 252 g/mol. The lowest BCUT2D eigenvalue weighted by atomic mass is 10.1. The van der Waals surface area contributed by atoms with Crippen LogP contribution in [0.15, 0.2) is 30.6 Å². The van der Waals surface area contributed by atoms with Crippen molar-refractivity contribution in [3.63, 3.8) is 0 Å². The van der Waals surface area contributed by atoms with E-state index in [1.54, 1.807) is 12.4 Å². The lowest BCUT2D eigenvalue weighted by Crippen LogP contribution is -2.29. The van der Waals surface area contributed by atoms with Gasteiger partial charge in [-0.2, -0.15) is 0 Å². The molecule has 0 spiro atoms. The van der Waals surface area contributed by atoms with Gasteiger partial charge in [0.2, 0.25) is 0 Å². The molecule has 0 aliphatic rings. The van der Waals surface area contributed by atoms with E-state index in [0.717, 1.165) is 18.2 Å². The van der Waals surface area contributed by atoms with Gasteiger partial charge in [-0.15, -0.1) is 0 Å². The maximum atomic E-state index is 13.5. The number of carbonyl (C=O) groups excluding carboxylic acids is 1. The lowest BCUT2D eigenvalue weighted by molar-refractivity contribution is 0.0929. The van der Waals surface area contributed by atoms with Gasteiger partial charge in [0, 0.05) is 12.4 Å². The maximum absolute atomic E-state index is 13.5. The summed E-state index contributed by atoms with van der Waals surface area (Å²) in [6.45, 7) is 1.86. The zero-order valence-corrected chi connectivity index (χ0v) is 10.3. The number of nitrogens with zero attached hydrogens (tertiary/aromatic N) is 1. The highest BCUT2D eigenvalue weighted by Gasteiger charge is 2.18. The summed E-state index contributed by atoms with van der Waals surface area (Å²) in [7, 11) is 0. The van der Waals surface area contributed by atoms with Crippen LogP contribution in [-0.4, -0.2) is 15.9 Å². The highest BCUT2D eigenvalue weighted by molar-refractivity contribution is 5.94. The van der Waals surface area contributed by atoms with Crippen LogP contribution in [-0.2, 0) is 0 Å². The van der Waals surface area contributed by atoms with Crippen molar-refractivity contribution in [1.82, 2.24) is 15.3 Å². The molecule has 4 nitrogen and oxygen atoms in total. The topological polar surface area (TPSA) is 57.8 Å². The number of aromatic nitrogens is 2. The van der Waals surface area contributed by atoms with E-state index in [-0.39, 0.29) is 11.6 Å². The Hall–Kier alpha value is -2.24. The molecule has 1 aromatic heterocycles. The van der Waals surface area contributed by atoms with E-state index in [1.807, 2.05) is 6.92 Å². The summed E-state index contributed by atoms with van der Waals surface area (Å²) in [4.78, 5) is 18.8. The normalized spacial score (nSPS) is 12.2. The van der Waals surface area contributed by atoms with Crippen molar-refractivity contribution in [1.29, 1.82) is 0 Å². The predicted molar refractivity (Wildman–Crippen MR) is 65.4 cm³/mol. The number of halogens is 2. The summed E-state index contributed by atoms with van der Waals surface area (Å²) >= 11 is 0. The second-order valence-corrected chi connectivity index (χ2v) is 4.03. The quantitative estimate of drug-likeness (QED) is 0.892. The number of benzene rings is 1. The van der Waals surface area contributed by atoms with Crippen molar-refractivity contribution < 1.29 is 13.6 Å². The van der Waals surface area contributed by atoms with Gasteiger partial charge in [-0.05, 0) is 24.6 Å². The van der Waals surface area contributed by atoms with E-state index < -0.39 is 17.5 Å². The van der Waals surface area contributed by atoms with Crippen LogP contribution in [0.3, 0.4) is 0 Å². The molecule has 1 amide bonds. The first-order chi connectivity index (χ1) is 9.11. The summed E-state index contributed by atoms with van der Waals surface area (Å²) in [5, 5.41) is 2.61. The van der Waals surface area contributed by atoms with Gasteiger partial charge in [-0.25, -0.2) is 13.8 Å². The minimum Gasteiger partial charge on any atom is -0.347 e. The smallest absolute Gasteiger partial charge is 0.254 e. The molecule has 0 saturated heterocycles. The number of hydrogen-bond acceptors (Lipinski definition) is 2. The van der Waals surface area contributed by atoms with Crippen LogP contribution in [0.5, 0.6) is 0 Å². The number of nitrogens with one attached hydrogen (secondary N) is 2. The second kappa shape index (κ2) is 5.60. The molecule has 2 rings (SSSR count). The van der Waals surface area contributed by atoms with Crippen LogP contribution in [0.4, 0.5) is 8.78 Å². The van der Waals surface area contributed by atoms with Crippen molar-refractivity contribution in [2.24, 2.45) is 0 Å². The number of carbonyl (C=O) groups is 1. The number of imidazole rings is 1. The number of H-pyrrole nitrogens is 1. The minimum absolute atomic E-state index is 0.315. The van der Waals surface area contributed by atoms with E-state index in [1.165, 1.54) is 0 Å². The Morgan fingerprint density at radius 1 is 1.47 bits per heavy atom. The molecular formula is C13H13F2N3O. The molecule has 6 heteroatoms. The van der Waals surface area contributed by atoms with Crippen LogP contribution in [0, 0.1) is 11.6 Å². The molecule has 1 aromatic carbocycles. The van der Waals surface area contributed by atoms with Crippen molar-refractivity contribution in [2.45, 2.75) is 19.4 Å². The largest absolute Gasteiger partial charge is 0.347 e. The average molecular weight is 265 g/mol. The first-order valence-electron chi connectivity index (χ1n) is 5.87. The Morgan fingerprint density at radius 3 is 2.89 bits per heavy atom. The summed E-state index contributed by atoms with van der Waals surface area (Å²) in [5.74, 6) is -1.50. The van der Waals surface area contributed by atoms with Gasteiger partial charge in [0.05, 0.1) is 11.6 Å². The molecule has 1 atom stereocenters. The summed E-state index contributed by atoms with van der Waals surface area (Å²) < 4.78 is 26.5. The molecule has 0 aliphatic heterocycles. The third kappa shape index (κ3) is 2.96. The Balaban J connectivity index is 2.18. The van der Waals surface area contributed by atoms with Gasteiger partial charge in [0.1, 0.15) is 17.5 Å². The standard InChI is InChI=1S/C13H13F2N3O/c1-2-11(12-16-5-6-17-12)18-13(19)9-7-8(14)3-4-10(9)15/h3-7,11H,2H2,1H3,(H,16,17)(H,18,19). The van der Waals surface area contributed by atoms with Gasteiger partial charge < -0.3 is 10.3 Å². The van der Waals surface area contributed by atoms with Gasteiger partial charge in [-0.3, -0.25) is 4.79 Å². The van der Waals surface area contributed by atoms with Gasteiger partial charge in [-0.1, -0.05) is 6.92 Å². The van der Waals surface area contributed by atoms with E-state index in [0.29, 0.717) is 12.2 Å². The number of hydrogen-bond donors (Lipinski definition) is 2. The van der Waals surface area contributed by atoms with Gasteiger partial charge in [0.15, 0.2) is 0 Å². The third-order valence-corrected chi connectivity index (χ3v) is 2.74. The molecule has 0 saturated carbocycles. The minimum atomic E-state index is -0.756. The van der Waals surface area contributed by atoms with Crippen molar-refractivity contribution in [3.05, 3.63) is 53.6 Å². The average Bonchev–Trinajstić information content (AvgIpc) is 2.92. The molecule has 0 radical (unpaired) electrons. The van der Waals surface area contributed by atoms with Crippen LogP contribution in [0.25, 0.3) is 0 Å². The molecule has 2 N–H and O–H groups in total. The van der Waals surface area contributed by atoms with E-state index in [4.69, 9.17) is 0 Å². The van der Waals surface area contributed by atoms with Crippen LogP contribution >= 0.6 is 0 Å². The van der Waals surface area contributed by atoms with Crippen molar-refractivity contribution in [3.8, 4) is 0 Å². The highest BCUT2D eigenvalue weighted by Crippen LogP contribution is 2.15. The Kier molecular flexibility index (Phi) is 3.89. The third-order valence-electron chi connectivity index (χ3n) is 2.74. The van der Waals surface area contributed by atoms with Gasteiger partial charge in [0.25, 0.3) is 5.91 Å². The van der Waals surface area contributed by atoms with Crippen LogP contribution < -0.4 is 5.32 Å². The highest BCUT2D eigenvalue weighted by atomic mass is 19.1. The van der Waals surface area contributed by atoms with E-state index in [9.17, 15) is 13.6 Å². The Labute approximate surface area is 108 Å². The fourth-order valence-electron chi connectivity index (χ4n) is 1.74. The molecule has 0 fully saturated rings. The maximum Gasteiger partial charge on any atom is 0.254 e. The molecule has 2 aromatic rings. The van der Waals surface area contributed by atoms with Crippen LogP contribution in [0.1, 0.15) is 35.6 Å². The molecule has 0 bridgehead atoms. The number of amides is 1. The number of aromatic amines is 1. The van der Waals surface area contributed by atoms with E-state index in [2.05, 4.69) is 15.3 Å². The molecule has 1 unspecified atom stereocenters. The zero-order valence-electron chi connectivity index (χ0n) is 10.3. The molecule has 0 aliphatic carbocycles. The molecule has 19 heavy (non-hydrogen) atoms. The number of rotatable bonds is 4. The fraction of sp³-hybridized carbons (Fsp3) is 0.231. The van der Waals surface area contributed by atoms with Crippen LogP contribution in [0.2, 0.25) is 0 Å². The summed E-state index contributed by atoms with van der Waals surface area (Å²) in [6, 6.07) is 2.40. The second-order valence-electron chi connectivity index (χ2n) is 4.03. The summed E-state index contributed by atoms with van der Waals surface area (Å²) in [6.07, 6.45) is 3.77. The Bertz CT molecular complexity index is 569. The first kappa shape index (κ1) is 13.2. The fourth-order valence-corrected chi connectivity index (χ4v) is 1.74. The van der Waals surface area contributed by atoms with Gasteiger partial charge >= 0.3 is 0 Å². The van der Waals surface area contributed by atoms with Crippen molar-refractivity contribution in [2.75, 3.05) is 0 Å². The van der Waals surface area contributed by atoms with E-state index >= 15 is 0 Å². The Morgan fingerprint density at radius 2 is 2.26 bits per heavy atom. The monoisotopic (exact) mass is 265 g/mol. The lowest BCUT2D eigenvalue weighted by Gasteiger charge is -2.15.